The van der Waals surface area contributed by atoms with E-state index in [-0.39, 0.29) is 0 Å². The average molecular weight is 246 g/mol. The third kappa shape index (κ3) is 3.01. The Morgan fingerprint density at radius 1 is 1.41 bits per heavy atom. The Morgan fingerprint density at radius 2 is 2.29 bits per heavy atom. The Hall–Kier alpha value is -1.01. The Bertz CT molecular complexity index is 435. The molecule has 0 fully saturated rings. The number of nitriles is 1. The largest absolute Gasteiger partial charge is 0.245 e. The minimum absolute atomic E-state index is 0.771. The number of thioether (sulfide) groups is 1. The minimum atomic E-state index is 0.771. The van der Waals surface area contributed by atoms with Crippen LogP contribution in [0.3, 0.4) is 0 Å². The molecule has 1 heterocycles. The Labute approximate surface area is 107 Å². The van der Waals surface area contributed by atoms with Crippen molar-refractivity contribution >= 4 is 11.8 Å². The zero-order valence-corrected chi connectivity index (χ0v) is 11.1. The average Bonchev–Trinajstić information content (AvgIpc) is 2.80. The van der Waals surface area contributed by atoms with Gasteiger partial charge < -0.3 is 0 Å². The molecule has 0 atom stereocenters. The number of nitrogens with zero attached hydrogens (tertiary/aromatic N) is 2. The van der Waals surface area contributed by atoms with Gasteiger partial charge in [0.05, 0.1) is 5.56 Å². The van der Waals surface area contributed by atoms with Gasteiger partial charge >= 0.3 is 0 Å². The smallest absolute Gasteiger partial charge is 0.114 e. The Kier molecular flexibility index (Phi) is 4.44. The highest BCUT2D eigenvalue weighted by Gasteiger charge is 2.16. The number of rotatable bonds is 5. The van der Waals surface area contributed by atoms with E-state index in [0.717, 1.165) is 29.2 Å². The van der Waals surface area contributed by atoms with E-state index in [2.05, 4.69) is 24.0 Å². The molecular weight excluding hydrogens is 228 g/mol. The van der Waals surface area contributed by atoms with E-state index in [1.807, 2.05) is 0 Å². The summed E-state index contributed by atoms with van der Waals surface area (Å²) < 4.78 is 0. The van der Waals surface area contributed by atoms with Crippen LogP contribution in [0.1, 0.15) is 49.4 Å². The molecule has 0 amide bonds. The standard InChI is InChI=1S/C14H18N2S/c1-2-3-4-8-17-14-12(10-15)9-11-6-5-7-13(11)16-14/h9H,2-8H2,1H3. The molecule has 0 bridgehead atoms. The number of aryl methyl sites for hydroxylation is 2. The maximum Gasteiger partial charge on any atom is 0.114 e. The topological polar surface area (TPSA) is 36.7 Å². The lowest BCUT2D eigenvalue weighted by Crippen LogP contribution is -1.95. The van der Waals surface area contributed by atoms with Gasteiger partial charge in [-0.2, -0.15) is 5.26 Å². The summed E-state index contributed by atoms with van der Waals surface area (Å²) in [5, 5.41) is 10.1. The third-order valence-electron chi connectivity index (χ3n) is 3.12. The maximum absolute atomic E-state index is 9.15. The van der Waals surface area contributed by atoms with Crippen molar-refractivity contribution in [3.05, 3.63) is 22.9 Å². The van der Waals surface area contributed by atoms with E-state index in [1.165, 1.54) is 36.9 Å². The number of hydrogen-bond donors (Lipinski definition) is 0. The lowest BCUT2D eigenvalue weighted by molar-refractivity contribution is 0.778. The normalized spacial score (nSPS) is 13.4. The molecule has 90 valence electrons. The third-order valence-corrected chi connectivity index (χ3v) is 4.20. The predicted molar refractivity (Wildman–Crippen MR) is 71.2 cm³/mol. The van der Waals surface area contributed by atoms with Crippen molar-refractivity contribution < 1.29 is 0 Å². The molecule has 1 aliphatic carbocycles. The summed E-state index contributed by atoms with van der Waals surface area (Å²) in [5.74, 6) is 1.08. The molecular formula is C14H18N2S. The van der Waals surface area contributed by atoms with Gasteiger partial charge in [0, 0.05) is 5.69 Å². The fourth-order valence-electron chi connectivity index (χ4n) is 2.16. The van der Waals surface area contributed by atoms with Crippen LogP contribution in [0.15, 0.2) is 11.1 Å². The van der Waals surface area contributed by atoms with E-state index in [1.54, 1.807) is 11.8 Å². The first-order chi connectivity index (χ1) is 8.35. The van der Waals surface area contributed by atoms with Gasteiger partial charge in [0.25, 0.3) is 0 Å². The second kappa shape index (κ2) is 6.07. The molecule has 3 heteroatoms. The molecule has 1 aromatic rings. The monoisotopic (exact) mass is 246 g/mol. The van der Waals surface area contributed by atoms with Crippen molar-refractivity contribution in [3.8, 4) is 6.07 Å². The summed E-state index contributed by atoms with van der Waals surface area (Å²) in [5.41, 5.74) is 3.29. The van der Waals surface area contributed by atoms with Crippen molar-refractivity contribution in [3.63, 3.8) is 0 Å². The van der Waals surface area contributed by atoms with Gasteiger partial charge in [-0.15, -0.1) is 11.8 Å². The van der Waals surface area contributed by atoms with E-state index in [4.69, 9.17) is 5.26 Å². The van der Waals surface area contributed by atoms with Crippen molar-refractivity contribution in [2.45, 2.75) is 50.5 Å². The first-order valence-corrected chi connectivity index (χ1v) is 7.39. The Balaban J connectivity index is 2.08. The summed E-state index contributed by atoms with van der Waals surface area (Å²) in [6.45, 7) is 2.21. The molecule has 0 saturated carbocycles. The lowest BCUT2D eigenvalue weighted by atomic mass is 10.2. The summed E-state index contributed by atoms with van der Waals surface area (Å²) in [6.07, 6.45) is 7.09. The van der Waals surface area contributed by atoms with Crippen LogP contribution in [0, 0.1) is 11.3 Å². The van der Waals surface area contributed by atoms with Crippen molar-refractivity contribution in [2.24, 2.45) is 0 Å². The van der Waals surface area contributed by atoms with E-state index < -0.39 is 0 Å². The van der Waals surface area contributed by atoms with Crippen LogP contribution < -0.4 is 0 Å². The van der Waals surface area contributed by atoms with Crippen LogP contribution in [0.2, 0.25) is 0 Å². The van der Waals surface area contributed by atoms with Gasteiger partial charge in [0.2, 0.25) is 0 Å². The van der Waals surface area contributed by atoms with E-state index >= 15 is 0 Å². The molecule has 0 radical (unpaired) electrons. The van der Waals surface area contributed by atoms with Gasteiger partial charge in [-0.1, -0.05) is 19.8 Å². The van der Waals surface area contributed by atoms with Crippen LogP contribution >= 0.6 is 11.8 Å². The van der Waals surface area contributed by atoms with Crippen LogP contribution in [-0.2, 0) is 12.8 Å². The summed E-state index contributed by atoms with van der Waals surface area (Å²) >= 11 is 1.74. The predicted octanol–water partition coefficient (Wildman–Crippen LogP) is 3.72. The Morgan fingerprint density at radius 3 is 3.06 bits per heavy atom. The maximum atomic E-state index is 9.15. The van der Waals surface area contributed by atoms with Gasteiger partial charge in [0.15, 0.2) is 0 Å². The molecule has 0 saturated heterocycles. The fraction of sp³-hybridized carbons (Fsp3) is 0.571. The van der Waals surface area contributed by atoms with Crippen LogP contribution in [0.5, 0.6) is 0 Å². The molecule has 0 N–H and O–H groups in total. The van der Waals surface area contributed by atoms with E-state index in [9.17, 15) is 0 Å². The first kappa shape index (κ1) is 12.4. The highest BCUT2D eigenvalue weighted by Crippen LogP contribution is 2.28. The molecule has 0 aromatic carbocycles. The second-order valence-electron chi connectivity index (χ2n) is 4.47. The zero-order chi connectivity index (χ0) is 12.1. The van der Waals surface area contributed by atoms with Crippen molar-refractivity contribution in [2.75, 3.05) is 5.75 Å². The van der Waals surface area contributed by atoms with Crippen LogP contribution in [0.4, 0.5) is 0 Å². The number of aromatic nitrogens is 1. The molecule has 0 aliphatic heterocycles. The number of unbranched alkanes of at least 4 members (excludes halogenated alkanes) is 2. The van der Waals surface area contributed by atoms with E-state index in [0.29, 0.717) is 0 Å². The first-order valence-electron chi connectivity index (χ1n) is 6.41. The summed E-state index contributed by atoms with van der Waals surface area (Å²) in [7, 11) is 0. The highest BCUT2D eigenvalue weighted by atomic mass is 32.2. The molecule has 0 unspecified atom stereocenters. The lowest BCUT2D eigenvalue weighted by Gasteiger charge is -2.06. The minimum Gasteiger partial charge on any atom is -0.245 e. The van der Waals surface area contributed by atoms with Gasteiger partial charge in [-0.3, -0.25) is 0 Å². The van der Waals surface area contributed by atoms with Gasteiger partial charge in [-0.05, 0) is 43.1 Å². The number of pyridine rings is 1. The highest BCUT2D eigenvalue weighted by molar-refractivity contribution is 7.99. The molecule has 2 rings (SSSR count). The number of hydrogen-bond acceptors (Lipinski definition) is 3. The van der Waals surface area contributed by atoms with Crippen molar-refractivity contribution in [1.82, 2.24) is 4.98 Å². The summed E-state index contributed by atoms with van der Waals surface area (Å²) in [4.78, 5) is 4.66. The molecule has 17 heavy (non-hydrogen) atoms. The molecule has 0 spiro atoms. The molecule has 1 aromatic heterocycles. The van der Waals surface area contributed by atoms with Gasteiger partial charge in [0.1, 0.15) is 11.1 Å². The van der Waals surface area contributed by atoms with Crippen molar-refractivity contribution in [1.29, 1.82) is 5.26 Å². The summed E-state index contributed by atoms with van der Waals surface area (Å²) in [6, 6.07) is 4.34. The molecule has 1 aliphatic rings. The fourth-order valence-corrected chi connectivity index (χ4v) is 3.14. The number of fused-ring (bicyclic) bond motifs is 1. The molecule has 2 nitrogen and oxygen atoms in total. The zero-order valence-electron chi connectivity index (χ0n) is 10.3. The quantitative estimate of drug-likeness (QED) is 0.587. The van der Waals surface area contributed by atoms with Gasteiger partial charge in [-0.25, -0.2) is 4.98 Å². The SMILES string of the molecule is CCCCCSc1nc2c(cc1C#N)CCC2. The van der Waals surface area contributed by atoms with Crippen LogP contribution in [-0.4, -0.2) is 10.7 Å². The second-order valence-corrected chi connectivity index (χ2v) is 5.55. The van der Waals surface area contributed by atoms with Crippen LogP contribution in [0.25, 0.3) is 0 Å².